The Labute approximate surface area is 176 Å². The number of rotatable bonds is 10. The number of halogens is 1. The fourth-order valence-corrected chi connectivity index (χ4v) is 3.02. The quantitative estimate of drug-likeness (QED) is 0.588. The van der Waals surface area contributed by atoms with Crippen LogP contribution in [0.15, 0.2) is 42.5 Å². The zero-order valence-corrected chi connectivity index (χ0v) is 17.6. The van der Waals surface area contributed by atoms with Gasteiger partial charge in [0.25, 0.3) is 5.91 Å². The number of nitrogens with one attached hydrogen (secondary N) is 1. The van der Waals surface area contributed by atoms with Crippen molar-refractivity contribution in [2.24, 2.45) is 0 Å². The zero-order valence-electron chi connectivity index (χ0n) is 16.9. The van der Waals surface area contributed by atoms with Crippen LogP contribution in [-0.2, 0) is 16.0 Å². The van der Waals surface area contributed by atoms with E-state index in [1.54, 1.807) is 0 Å². The standard InChI is InChI=1S/C22H26ClNO5/c1-4-28-21-18(23)12-17(13-19(21)27-3)22(26)29-14-20(25)24-15(2)10-11-16-8-6-5-7-9-16/h5-9,12-13,15H,4,10-11,14H2,1-3H3,(H,24,25)/t15-/m1/s1. The number of hydrogen-bond donors (Lipinski definition) is 1. The van der Waals surface area contributed by atoms with Crippen LogP contribution in [0, 0.1) is 0 Å². The molecule has 0 heterocycles. The summed E-state index contributed by atoms with van der Waals surface area (Å²) in [7, 11) is 1.45. The van der Waals surface area contributed by atoms with Gasteiger partial charge in [-0.1, -0.05) is 41.9 Å². The summed E-state index contributed by atoms with van der Waals surface area (Å²) in [5.41, 5.74) is 1.39. The van der Waals surface area contributed by atoms with Crippen LogP contribution in [0.2, 0.25) is 5.02 Å². The van der Waals surface area contributed by atoms with Crippen LogP contribution in [0.1, 0.15) is 36.2 Å². The molecule has 1 atom stereocenters. The Morgan fingerprint density at radius 3 is 2.55 bits per heavy atom. The summed E-state index contributed by atoms with van der Waals surface area (Å²) in [6.45, 7) is 3.77. The van der Waals surface area contributed by atoms with Crippen LogP contribution >= 0.6 is 11.6 Å². The van der Waals surface area contributed by atoms with Crippen molar-refractivity contribution in [1.82, 2.24) is 5.32 Å². The van der Waals surface area contributed by atoms with Gasteiger partial charge < -0.3 is 19.5 Å². The summed E-state index contributed by atoms with van der Waals surface area (Å²) in [6, 6.07) is 12.9. The fourth-order valence-electron chi connectivity index (χ4n) is 2.75. The summed E-state index contributed by atoms with van der Waals surface area (Å²) in [5, 5.41) is 3.06. The lowest BCUT2D eigenvalue weighted by Gasteiger charge is -2.15. The Morgan fingerprint density at radius 1 is 1.17 bits per heavy atom. The second kappa shape index (κ2) is 11.3. The molecule has 0 aromatic heterocycles. The third-order valence-corrected chi connectivity index (χ3v) is 4.49. The van der Waals surface area contributed by atoms with E-state index in [0.717, 1.165) is 12.8 Å². The van der Waals surface area contributed by atoms with Gasteiger partial charge in [-0.15, -0.1) is 0 Å². The molecule has 0 aliphatic heterocycles. The first kappa shape index (κ1) is 22.6. The van der Waals surface area contributed by atoms with Crippen molar-refractivity contribution in [3.05, 3.63) is 58.6 Å². The summed E-state index contributed by atoms with van der Waals surface area (Å²) >= 11 is 6.16. The molecule has 6 nitrogen and oxygen atoms in total. The van der Waals surface area contributed by atoms with E-state index in [2.05, 4.69) is 5.32 Å². The molecular weight excluding hydrogens is 394 g/mol. The molecule has 2 aromatic rings. The molecular formula is C22H26ClNO5. The average molecular weight is 420 g/mol. The second-order valence-corrected chi connectivity index (χ2v) is 6.90. The molecule has 0 saturated carbocycles. The van der Waals surface area contributed by atoms with Gasteiger partial charge in [0.15, 0.2) is 18.1 Å². The van der Waals surface area contributed by atoms with Crippen molar-refractivity contribution < 1.29 is 23.8 Å². The number of ether oxygens (including phenoxy) is 3. The van der Waals surface area contributed by atoms with Gasteiger partial charge in [0.2, 0.25) is 0 Å². The molecule has 0 aliphatic rings. The SMILES string of the molecule is CCOc1c(Cl)cc(C(=O)OCC(=O)N[C@H](C)CCc2ccccc2)cc1OC. The molecule has 1 amide bonds. The van der Waals surface area contributed by atoms with E-state index in [9.17, 15) is 9.59 Å². The van der Waals surface area contributed by atoms with Gasteiger partial charge in [-0.3, -0.25) is 4.79 Å². The van der Waals surface area contributed by atoms with Crippen molar-refractivity contribution in [3.8, 4) is 11.5 Å². The largest absolute Gasteiger partial charge is 0.493 e. The molecule has 7 heteroatoms. The maximum absolute atomic E-state index is 12.3. The Morgan fingerprint density at radius 2 is 1.90 bits per heavy atom. The van der Waals surface area contributed by atoms with Crippen molar-refractivity contribution in [3.63, 3.8) is 0 Å². The van der Waals surface area contributed by atoms with Crippen LogP contribution in [0.3, 0.4) is 0 Å². The summed E-state index contributed by atoms with van der Waals surface area (Å²) in [4.78, 5) is 24.3. The molecule has 2 rings (SSSR count). The van der Waals surface area contributed by atoms with Gasteiger partial charge in [-0.05, 0) is 44.4 Å². The normalized spacial score (nSPS) is 11.4. The molecule has 2 aromatic carbocycles. The highest BCUT2D eigenvalue weighted by molar-refractivity contribution is 6.32. The van der Waals surface area contributed by atoms with E-state index in [-0.39, 0.29) is 29.1 Å². The minimum Gasteiger partial charge on any atom is -0.493 e. The van der Waals surface area contributed by atoms with Crippen molar-refractivity contribution in [2.45, 2.75) is 32.7 Å². The van der Waals surface area contributed by atoms with Gasteiger partial charge in [0.05, 0.1) is 24.3 Å². The van der Waals surface area contributed by atoms with Gasteiger partial charge in [-0.25, -0.2) is 4.79 Å². The summed E-state index contributed by atoms with van der Waals surface area (Å²) in [6.07, 6.45) is 1.64. The third-order valence-electron chi connectivity index (χ3n) is 4.20. The van der Waals surface area contributed by atoms with Gasteiger partial charge in [-0.2, -0.15) is 0 Å². The monoisotopic (exact) mass is 419 g/mol. The first-order valence-corrected chi connectivity index (χ1v) is 9.83. The predicted molar refractivity (Wildman–Crippen MR) is 112 cm³/mol. The first-order chi connectivity index (χ1) is 13.9. The van der Waals surface area contributed by atoms with E-state index in [1.165, 1.54) is 24.8 Å². The van der Waals surface area contributed by atoms with E-state index in [4.69, 9.17) is 25.8 Å². The maximum atomic E-state index is 12.3. The average Bonchev–Trinajstić information content (AvgIpc) is 2.72. The molecule has 1 N–H and O–H groups in total. The van der Waals surface area contributed by atoms with Crippen molar-refractivity contribution >= 4 is 23.5 Å². The topological polar surface area (TPSA) is 73.9 Å². The number of amides is 1. The van der Waals surface area contributed by atoms with Crippen LogP contribution < -0.4 is 14.8 Å². The highest BCUT2D eigenvalue weighted by Gasteiger charge is 2.18. The molecule has 0 bridgehead atoms. The molecule has 156 valence electrons. The fraction of sp³-hybridized carbons (Fsp3) is 0.364. The second-order valence-electron chi connectivity index (χ2n) is 6.49. The lowest BCUT2D eigenvalue weighted by Crippen LogP contribution is -2.36. The highest BCUT2D eigenvalue weighted by Crippen LogP contribution is 2.36. The van der Waals surface area contributed by atoms with Crippen LogP contribution in [0.25, 0.3) is 0 Å². The minimum atomic E-state index is -0.666. The smallest absolute Gasteiger partial charge is 0.338 e. The van der Waals surface area contributed by atoms with E-state index in [0.29, 0.717) is 18.1 Å². The molecule has 29 heavy (non-hydrogen) atoms. The molecule has 0 radical (unpaired) electrons. The number of esters is 1. The molecule has 0 spiro atoms. The highest BCUT2D eigenvalue weighted by atomic mass is 35.5. The molecule has 0 saturated heterocycles. The van der Waals surface area contributed by atoms with Crippen LogP contribution in [-0.4, -0.2) is 38.2 Å². The van der Waals surface area contributed by atoms with Crippen molar-refractivity contribution in [1.29, 1.82) is 0 Å². The first-order valence-electron chi connectivity index (χ1n) is 9.45. The Bertz CT molecular complexity index is 825. The summed E-state index contributed by atoms with van der Waals surface area (Å²) in [5.74, 6) is -0.341. The number of hydrogen-bond acceptors (Lipinski definition) is 5. The Kier molecular flexibility index (Phi) is 8.80. The number of carbonyl (C=O) groups is 2. The van der Waals surface area contributed by atoms with Gasteiger partial charge >= 0.3 is 5.97 Å². The minimum absolute atomic E-state index is 0.0403. The summed E-state index contributed by atoms with van der Waals surface area (Å²) < 4.78 is 15.7. The van der Waals surface area contributed by atoms with Gasteiger partial charge in [0.1, 0.15) is 0 Å². The zero-order chi connectivity index (χ0) is 21.2. The number of aryl methyl sites for hydroxylation is 1. The lowest BCUT2D eigenvalue weighted by atomic mass is 10.1. The molecule has 0 fully saturated rings. The third kappa shape index (κ3) is 6.98. The van der Waals surface area contributed by atoms with Crippen LogP contribution in [0.4, 0.5) is 0 Å². The van der Waals surface area contributed by atoms with E-state index >= 15 is 0 Å². The lowest BCUT2D eigenvalue weighted by molar-refractivity contribution is -0.124. The number of methoxy groups -OCH3 is 1. The van der Waals surface area contributed by atoms with Gasteiger partial charge in [0, 0.05) is 6.04 Å². The van der Waals surface area contributed by atoms with E-state index in [1.807, 2.05) is 44.2 Å². The predicted octanol–water partition coefficient (Wildman–Crippen LogP) is 4.04. The van der Waals surface area contributed by atoms with Crippen LogP contribution in [0.5, 0.6) is 11.5 Å². The number of carbonyl (C=O) groups excluding carboxylic acids is 2. The number of benzene rings is 2. The maximum Gasteiger partial charge on any atom is 0.338 e. The Hall–Kier alpha value is -2.73. The Balaban J connectivity index is 1.85. The molecule has 0 aliphatic carbocycles. The molecule has 0 unspecified atom stereocenters. The van der Waals surface area contributed by atoms with Crippen molar-refractivity contribution in [2.75, 3.05) is 20.3 Å². The van der Waals surface area contributed by atoms with E-state index < -0.39 is 5.97 Å².